The SMILES string of the molecule is CC1(Oc2ccc(N)c([B]c3cc(N4CCC(N=CC=CN)CC4)ncn3)c2)CC1. The highest BCUT2D eigenvalue weighted by Crippen LogP contribution is 2.39. The van der Waals surface area contributed by atoms with E-state index in [0.29, 0.717) is 11.7 Å². The van der Waals surface area contributed by atoms with E-state index < -0.39 is 0 Å². The minimum atomic E-state index is -0.0216. The van der Waals surface area contributed by atoms with Gasteiger partial charge in [-0.25, -0.2) is 4.98 Å². The van der Waals surface area contributed by atoms with Gasteiger partial charge in [0.15, 0.2) is 0 Å². The Balaban J connectivity index is 1.41. The molecule has 2 heterocycles. The number of nitrogens with two attached hydrogens (primary N) is 2. The number of hydrogen-bond donors (Lipinski definition) is 2. The molecule has 1 saturated heterocycles. The molecule has 1 aliphatic heterocycles. The lowest BCUT2D eigenvalue weighted by molar-refractivity contribution is 0.200. The Morgan fingerprint density at radius 3 is 2.77 bits per heavy atom. The van der Waals surface area contributed by atoms with Crippen LogP contribution in [0.2, 0.25) is 0 Å². The number of nitrogens with zero attached hydrogens (tertiary/aromatic N) is 4. The summed E-state index contributed by atoms with van der Waals surface area (Å²) < 4.78 is 6.07. The quantitative estimate of drug-likeness (QED) is 0.409. The number of aromatic nitrogens is 2. The molecule has 8 heteroatoms. The van der Waals surface area contributed by atoms with Crippen molar-refractivity contribution in [3.05, 3.63) is 42.9 Å². The molecule has 30 heavy (non-hydrogen) atoms. The Hall–Kier alpha value is -3.03. The molecule has 7 nitrogen and oxygen atoms in total. The molecular formula is C22H28BN6O. The molecule has 0 bridgehead atoms. The van der Waals surface area contributed by atoms with Gasteiger partial charge in [0.05, 0.1) is 6.04 Å². The number of nitrogen functional groups attached to an aromatic ring is 1. The average Bonchev–Trinajstić information content (AvgIpc) is 3.48. The summed E-state index contributed by atoms with van der Waals surface area (Å²) in [5.74, 6) is 1.77. The fourth-order valence-corrected chi connectivity index (χ4v) is 3.54. The second-order valence-electron chi connectivity index (χ2n) is 8.19. The van der Waals surface area contributed by atoms with Gasteiger partial charge in [0, 0.05) is 30.6 Å². The van der Waals surface area contributed by atoms with E-state index in [1.165, 1.54) is 6.20 Å². The number of piperidine rings is 1. The molecule has 2 fully saturated rings. The van der Waals surface area contributed by atoms with Gasteiger partial charge < -0.3 is 21.1 Å². The third-order valence-electron chi connectivity index (χ3n) is 5.64. The smallest absolute Gasteiger partial charge is 0.220 e. The highest BCUT2D eigenvalue weighted by Gasteiger charge is 2.40. The summed E-state index contributed by atoms with van der Waals surface area (Å²) in [7, 11) is 1.98. The van der Waals surface area contributed by atoms with Crippen LogP contribution in [-0.2, 0) is 0 Å². The van der Waals surface area contributed by atoms with Crippen molar-refractivity contribution >= 4 is 36.1 Å². The summed E-state index contributed by atoms with van der Waals surface area (Å²) in [5, 5.41) is 0. The zero-order valence-electron chi connectivity index (χ0n) is 17.4. The second-order valence-corrected chi connectivity index (χ2v) is 8.19. The fraction of sp³-hybridized carbons (Fsp3) is 0.409. The molecule has 1 radical (unpaired) electrons. The maximum Gasteiger partial charge on any atom is 0.220 e. The second kappa shape index (κ2) is 8.77. The Kier molecular flexibility index (Phi) is 5.92. The van der Waals surface area contributed by atoms with Crippen LogP contribution >= 0.6 is 0 Å². The topological polar surface area (TPSA) is 103 Å². The zero-order chi connectivity index (χ0) is 21.0. The van der Waals surface area contributed by atoms with Crippen LogP contribution in [0.25, 0.3) is 0 Å². The van der Waals surface area contributed by atoms with Gasteiger partial charge in [-0.3, -0.25) is 9.98 Å². The lowest BCUT2D eigenvalue weighted by atomic mass is 9.66. The molecule has 0 atom stereocenters. The van der Waals surface area contributed by atoms with E-state index in [-0.39, 0.29) is 5.60 Å². The largest absolute Gasteiger partial charge is 0.488 e. The summed E-state index contributed by atoms with van der Waals surface area (Å²) in [6.07, 6.45) is 10.8. The average molecular weight is 403 g/mol. The molecule has 0 unspecified atom stereocenters. The van der Waals surface area contributed by atoms with Crippen molar-refractivity contribution in [2.24, 2.45) is 10.7 Å². The number of ether oxygens (including phenoxy) is 1. The Morgan fingerprint density at radius 2 is 2.03 bits per heavy atom. The molecule has 4 N–H and O–H groups in total. The predicted octanol–water partition coefficient (Wildman–Crippen LogP) is 1.16. The van der Waals surface area contributed by atoms with Crippen molar-refractivity contribution in [1.82, 2.24) is 9.97 Å². The lowest BCUT2D eigenvalue weighted by Crippen LogP contribution is -2.38. The highest BCUT2D eigenvalue weighted by atomic mass is 16.5. The number of rotatable bonds is 7. The van der Waals surface area contributed by atoms with Crippen LogP contribution in [-0.4, -0.2) is 48.2 Å². The first-order valence-electron chi connectivity index (χ1n) is 10.4. The van der Waals surface area contributed by atoms with Crippen LogP contribution in [0.3, 0.4) is 0 Å². The Morgan fingerprint density at radius 1 is 1.23 bits per heavy atom. The summed E-state index contributed by atoms with van der Waals surface area (Å²) >= 11 is 0. The Bertz CT molecular complexity index is 935. The van der Waals surface area contributed by atoms with E-state index in [2.05, 4.69) is 26.8 Å². The van der Waals surface area contributed by atoms with Gasteiger partial charge in [-0.2, -0.15) is 0 Å². The van der Waals surface area contributed by atoms with Crippen LogP contribution in [0, 0.1) is 0 Å². The van der Waals surface area contributed by atoms with E-state index in [1.54, 1.807) is 18.6 Å². The van der Waals surface area contributed by atoms with Gasteiger partial charge in [-0.1, -0.05) is 5.46 Å². The van der Waals surface area contributed by atoms with Crippen LogP contribution in [0.5, 0.6) is 5.75 Å². The number of hydrogen-bond acceptors (Lipinski definition) is 7. The van der Waals surface area contributed by atoms with E-state index >= 15 is 0 Å². The third-order valence-corrected chi connectivity index (χ3v) is 5.64. The molecule has 1 aromatic carbocycles. The predicted molar refractivity (Wildman–Crippen MR) is 123 cm³/mol. The zero-order valence-corrected chi connectivity index (χ0v) is 17.4. The Labute approximate surface area is 178 Å². The van der Waals surface area contributed by atoms with E-state index in [9.17, 15) is 0 Å². The minimum absolute atomic E-state index is 0.0216. The highest BCUT2D eigenvalue weighted by molar-refractivity contribution is 6.68. The molecule has 0 amide bonds. The molecular weight excluding hydrogens is 375 g/mol. The summed E-state index contributed by atoms with van der Waals surface area (Å²) in [5.41, 5.74) is 14.0. The normalized spacial score (nSPS) is 18.8. The number of allylic oxidation sites excluding steroid dienone is 1. The summed E-state index contributed by atoms with van der Waals surface area (Å²) in [6, 6.07) is 8.15. The van der Waals surface area contributed by atoms with E-state index in [0.717, 1.165) is 61.4 Å². The van der Waals surface area contributed by atoms with Gasteiger partial charge in [0.25, 0.3) is 0 Å². The number of anilines is 2. The molecule has 2 aliphatic rings. The maximum absolute atomic E-state index is 6.20. The van der Waals surface area contributed by atoms with Gasteiger partial charge >= 0.3 is 0 Å². The van der Waals surface area contributed by atoms with Crippen LogP contribution in [0.4, 0.5) is 11.5 Å². The van der Waals surface area contributed by atoms with Crippen molar-refractivity contribution < 1.29 is 4.74 Å². The van der Waals surface area contributed by atoms with Gasteiger partial charge in [-0.15, -0.1) is 0 Å². The molecule has 4 rings (SSSR count). The molecule has 1 aliphatic carbocycles. The lowest BCUT2D eigenvalue weighted by Gasteiger charge is -2.31. The number of aliphatic imine (C=N–C) groups is 1. The fourth-order valence-electron chi connectivity index (χ4n) is 3.54. The maximum atomic E-state index is 6.20. The molecule has 155 valence electrons. The van der Waals surface area contributed by atoms with Crippen LogP contribution in [0.1, 0.15) is 32.6 Å². The van der Waals surface area contributed by atoms with E-state index in [4.69, 9.17) is 16.2 Å². The minimum Gasteiger partial charge on any atom is -0.488 e. The molecule has 1 aromatic heterocycles. The van der Waals surface area contributed by atoms with Gasteiger partial charge in [-0.05, 0) is 69.1 Å². The van der Waals surface area contributed by atoms with Gasteiger partial charge in [0.1, 0.15) is 23.5 Å². The van der Waals surface area contributed by atoms with E-state index in [1.807, 2.05) is 31.5 Å². The van der Waals surface area contributed by atoms with Crippen molar-refractivity contribution in [3.63, 3.8) is 0 Å². The molecule has 1 saturated carbocycles. The summed E-state index contributed by atoms with van der Waals surface area (Å²) in [4.78, 5) is 15.7. The molecule has 2 aromatic rings. The monoisotopic (exact) mass is 403 g/mol. The first kappa shape index (κ1) is 20.3. The summed E-state index contributed by atoms with van der Waals surface area (Å²) in [6.45, 7) is 3.95. The van der Waals surface area contributed by atoms with Gasteiger partial charge in [0.2, 0.25) is 7.28 Å². The van der Waals surface area contributed by atoms with Crippen molar-refractivity contribution in [1.29, 1.82) is 0 Å². The third kappa shape index (κ3) is 5.12. The van der Waals surface area contributed by atoms with Crippen LogP contribution in [0.15, 0.2) is 47.9 Å². The van der Waals surface area contributed by atoms with Crippen molar-refractivity contribution in [3.8, 4) is 5.75 Å². The van der Waals surface area contributed by atoms with Crippen LogP contribution < -0.4 is 32.2 Å². The first-order chi connectivity index (χ1) is 14.5. The molecule has 0 spiro atoms. The standard InChI is InChI=1S/C22H28BN6O/c1-22(7-8-22)30-17-3-4-19(25)18(13-17)23-20-14-21(28-15-27-20)29-11-5-16(6-12-29)26-10-2-9-24/h2-4,9-10,13-16H,5-8,11-12,24-25H2,1H3. The van der Waals surface area contributed by atoms with Crippen molar-refractivity contribution in [2.75, 3.05) is 23.7 Å². The van der Waals surface area contributed by atoms with Crippen molar-refractivity contribution in [2.45, 2.75) is 44.2 Å². The number of benzene rings is 1. The first-order valence-corrected chi connectivity index (χ1v) is 10.4.